The van der Waals surface area contributed by atoms with Crippen molar-refractivity contribution >= 4 is 29.1 Å². The van der Waals surface area contributed by atoms with E-state index >= 15 is 0 Å². The van der Waals surface area contributed by atoms with Crippen LogP contribution in [0.3, 0.4) is 0 Å². The summed E-state index contributed by atoms with van der Waals surface area (Å²) in [5.41, 5.74) is 1.93. The number of carbonyl (C=O) groups excluding carboxylic acids is 1. The lowest BCUT2D eigenvalue weighted by atomic mass is 10.2. The van der Waals surface area contributed by atoms with Gasteiger partial charge in [0.2, 0.25) is 5.95 Å². The lowest BCUT2D eigenvalue weighted by molar-refractivity contribution is 0.102. The predicted molar refractivity (Wildman–Crippen MR) is 90.1 cm³/mol. The Balaban J connectivity index is 1.62. The van der Waals surface area contributed by atoms with Crippen molar-refractivity contribution in [2.45, 2.75) is 0 Å². The Morgan fingerprint density at radius 1 is 1.17 bits per heavy atom. The van der Waals surface area contributed by atoms with E-state index in [4.69, 9.17) is 16.0 Å². The van der Waals surface area contributed by atoms with Crippen LogP contribution in [0.15, 0.2) is 65.4 Å². The summed E-state index contributed by atoms with van der Waals surface area (Å²) in [4.78, 5) is 16.5. The molecule has 0 aliphatic carbocycles. The largest absolute Gasteiger partial charge is 0.464 e. The van der Waals surface area contributed by atoms with E-state index in [-0.39, 0.29) is 11.9 Å². The van der Waals surface area contributed by atoms with Gasteiger partial charge in [-0.15, -0.1) is 5.10 Å². The molecule has 0 spiro atoms. The second kappa shape index (κ2) is 5.82. The number of nitrogens with one attached hydrogen (secondary N) is 1. The van der Waals surface area contributed by atoms with Gasteiger partial charge in [-0.05, 0) is 42.5 Å². The monoisotopic (exact) mass is 338 g/mol. The zero-order valence-corrected chi connectivity index (χ0v) is 13.1. The molecule has 0 aliphatic rings. The topological polar surface area (TPSA) is 72.4 Å². The van der Waals surface area contributed by atoms with E-state index in [0.717, 1.165) is 11.3 Å². The molecule has 1 amide bonds. The number of amides is 1. The van der Waals surface area contributed by atoms with Gasteiger partial charge in [-0.2, -0.15) is 4.98 Å². The van der Waals surface area contributed by atoms with E-state index in [9.17, 15) is 4.79 Å². The lowest BCUT2D eigenvalue weighted by Gasteiger charge is -2.00. The van der Waals surface area contributed by atoms with Gasteiger partial charge in [0, 0.05) is 22.3 Å². The summed E-state index contributed by atoms with van der Waals surface area (Å²) < 4.78 is 6.95. The molecule has 3 heterocycles. The fraction of sp³-hybridized carbons (Fsp3) is 0. The summed E-state index contributed by atoms with van der Waals surface area (Å²) >= 11 is 5.90. The Labute approximate surface area is 141 Å². The minimum Gasteiger partial charge on any atom is -0.464 e. The second-order valence-corrected chi connectivity index (χ2v) is 5.53. The highest BCUT2D eigenvalue weighted by Gasteiger charge is 2.11. The SMILES string of the molecule is O=C(Nc1nc2cc(-c3ccco3)ccn2n1)c1cccc(Cl)c1. The normalized spacial score (nSPS) is 10.9. The van der Waals surface area contributed by atoms with E-state index in [1.165, 1.54) is 0 Å². The highest BCUT2D eigenvalue weighted by molar-refractivity contribution is 6.31. The molecule has 0 bridgehead atoms. The fourth-order valence-electron chi connectivity index (χ4n) is 2.33. The summed E-state index contributed by atoms with van der Waals surface area (Å²) in [6.45, 7) is 0. The van der Waals surface area contributed by atoms with Crippen molar-refractivity contribution in [1.82, 2.24) is 14.6 Å². The van der Waals surface area contributed by atoms with E-state index in [1.54, 1.807) is 41.2 Å². The second-order valence-electron chi connectivity index (χ2n) is 5.10. The van der Waals surface area contributed by atoms with Gasteiger partial charge < -0.3 is 4.42 Å². The van der Waals surface area contributed by atoms with Crippen LogP contribution in [0.25, 0.3) is 17.0 Å². The first kappa shape index (κ1) is 14.5. The van der Waals surface area contributed by atoms with Gasteiger partial charge in [0.1, 0.15) is 5.76 Å². The third kappa shape index (κ3) is 2.75. The van der Waals surface area contributed by atoms with Gasteiger partial charge in [-0.3, -0.25) is 10.1 Å². The van der Waals surface area contributed by atoms with Gasteiger partial charge in [-0.25, -0.2) is 4.52 Å². The van der Waals surface area contributed by atoms with E-state index in [2.05, 4.69) is 15.4 Å². The first-order valence-electron chi connectivity index (χ1n) is 7.16. The molecule has 0 unspecified atom stereocenters. The third-order valence-electron chi connectivity index (χ3n) is 3.46. The number of hydrogen-bond acceptors (Lipinski definition) is 4. The minimum absolute atomic E-state index is 0.219. The van der Waals surface area contributed by atoms with Crippen molar-refractivity contribution in [3.8, 4) is 11.3 Å². The van der Waals surface area contributed by atoms with E-state index < -0.39 is 0 Å². The van der Waals surface area contributed by atoms with Gasteiger partial charge in [-0.1, -0.05) is 17.7 Å². The number of nitrogens with zero attached hydrogens (tertiary/aromatic N) is 3. The maximum atomic E-state index is 12.2. The number of fused-ring (bicyclic) bond motifs is 1. The molecule has 4 aromatic rings. The number of aromatic nitrogens is 3. The highest BCUT2D eigenvalue weighted by Crippen LogP contribution is 2.21. The Morgan fingerprint density at radius 3 is 2.88 bits per heavy atom. The summed E-state index contributed by atoms with van der Waals surface area (Å²) in [5, 5.41) is 7.39. The molecule has 0 saturated heterocycles. The number of anilines is 1. The van der Waals surface area contributed by atoms with Crippen molar-refractivity contribution < 1.29 is 9.21 Å². The molecule has 0 aliphatic heterocycles. The average molecular weight is 339 g/mol. The van der Waals surface area contributed by atoms with Crippen molar-refractivity contribution in [2.75, 3.05) is 5.32 Å². The van der Waals surface area contributed by atoms with Crippen molar-refractivity contribution in [2.24, 2.45) is 0 Å². The van der Waals surface area contributed by atoms with Crippen LogP contribution in [0.5, 0.6) is 0 Å². The summed E-state index contributed by atoms with van der Waals surface area (Å²) in [5.74, 6) is 0.640. The molecule has 0 fully saturated rings. The molecule has 118 valence electrons. The fourth-order valence-corrected chi connectivity index (χ4v) is 2.52. The first-order chi connectivity index (χ1) is 11.7. The molecular weight excluding hydrogens is 328 g/mol. The zero-order valence-electron chi connectivity index (χ0n) is 12.3. The number of rotatable bonds is 3. The molecule has 4 rings (SSSR count). The Hall–Kier alpha value is -3.12. The van der Waals surface area contributed by atoms with Crippen LogP contribution < -0.4 is 5.32 Å². The Morgan fingerprint density at radius 2 is 2.08 bits per heavy atom. The molecule has 6 nitrogen and oxygen atoms in total. The Kier molecular flexibility index (Phi) is 3.51. The Bertz CT molecular complexity index is 1020. The average Bonchev–Trinajstić information content (AvgIpc) is 3.23. The van der Waals surface area contributed by atoms with Crippen LogP contribution in [0.2, 0.25) is 5.02 Å². The number of pyridine rings is 1. The van der Waals surface area contributed by atoms with E-state index in [1.807, 2.05) is 24.3 Å². The van der Waals surface area contributed by atoms with Crippen molar-refractivity contribution in [1.29, 1.82) is 0 Å². The van der Waals surface area contributed by atoms with Gasteiger partial charge in [0.25, 0.3) is 5.91 Å². The van der Waals surface area contributed by atoms with Crippen LogP contribution in [-0.4, -0.2) is 20.5 Å². The lowest BCUT2D eigenvalue weighted by Crippen LogP contribution is -2.12. The summed E-state index contributed by atoms with van der Waals surface area (Å²) in [6, 6.07) is 14.1. The van der Waals surface area contributed by atoms with Crippen molar-refractivity contribution in [3.63, 3.8) is 0 Å². The van der Waals surface area contributed by atoms with E-state index in [0.29, 0.717) is 16.2 Å². The quantitative estimate of drug-likeness (QED) is 0.615. The molecule has 24 heavy (non-hydrogen) atoms. The first-order valence-corrected chi connectivity index (χ1v) is 7.54. The number of furan rings is 1. The molecule has 1 N–H and O–H groups in total. The predicted octanol–water partition coefficient (Wildman–Crippen LogP) is 3.90. The molecule has 3 aromatic heterocycles. The number of hydrogen-bond donors (Lipinski definition) is 1. The number of halogens is 1. The smallest absolute Gasteiger partial charge is 0.258 e. The molecule has 0 radical (unpaired) electrons. The van der Waals surface area contributed by atoms with Crippen LogP contribution in [0.4, 0.5) is 5.95 Å². The van der Waals surface area contributed by atoms with Gasteiger partial charge in [0.05, 0.1) is 6.26 Å². The highest BCUT2D eigenvalue weighted by atomic mass is 35.5. The summed E-state index contributed by atoms with van der Waals surface area (Å²) in [6.07, 6.45) is 3.37. The molecule has 7 heteroatoms. The van der Waals surface area contributed by atoms with Gasteiger partial charge in [0.15, 0.2) is 5.65 Å². The minimum atomic E-state index is -0.320. The molecule has 0 saturated carbocycles. The zero-order chi connectivity index (χ0) is 16.5. The van der Waals surface area contributed by atoms with Crippen LogP contribution >= 0.6 is 11.6 Å². The maximum Gasteiger partial charge on any atom is 0.258 e. The molecule has 1 aromatic carbocycles. The van der Waals surface area contributed by atoms with Crippen LogP contribution in [0, 0.1) is 0 Å². The number of carbonyl (C=O) groups is 1. The van der Waals surface area contributed by atoms with Gasteiger partial charge >= 0.3 is 0 Å². The molecule has 0 atom stereocenters. The van der Waals surface area contributed by atoms with Crippen molar-refractivity contribution in [3.05, 3.63) is 71.6 Å². The van der Waals surface area contributed by atoms with Crippen LogP contribution in [-0.2, 0) is 0 Å². The number of benzene rings is 1. The summed E-state index contributed by atoms with van der Waals surface area (Å²) in [7, 11) is 0. The maximum absolute atomic E-state index is 12.2. The third-order valence-corrected chi connectivity index (χ3v) is 3.69. The molecular formula is C17H11ClN4O2. The van der Waals surface area contributed by atoms with Crippen LogP contribution in [0.1, 0.15) is 10.4 Å². The standard InChI is InChI=1S/C17H11ClN4O2/c18-13-4-1-3-12(9-13)16(23)20-17-19-15-10-11(6-7-22(15)21-17)14-5-2-8-24-14/h1-10H,(H,20,21,23).